The predicted molar refractivity (Wildman–Crippen MR) is 79.5 cm³/mol. The summed E-state index contributed by atoms with van der Waals surface area (Å²) >= 11 is 5.79. The minimum absolute atomic E-state index is 0.163. The molecule has 0 amide bonds. The Labute approximate surface area is 120 Å². The van der Waals surface area contributed by atoms with E-state index in [1.807, 2.05) is 0 Å². The second kappa shape index (κ2) is 6.69. The number of hydrogen-bond acceptors (Lipinski definition) is 2. The zero-order valence-corrected chi connectivity index (χ0v) is 12.9. The quantitative estimate of drug-likeness (QED) is 0.636. The molecule has 0 heterocycles. The van der Waals surface area contributed by atoms with E-state index in [2.05, 4.69) is 33.1 Å². The molecule has 0 saturated carbocycles. The summed E-state index contributed by atoms with van der Waals surface area (Å²) in [4.78, 5) is 0. The van der Waals surface area contributed by atoms with Gasteiger partial charge in [0.2, 0.25) is 0 Å². The zero-order chi connectivity index (χ0) is 14.6. The number of nitrogens with two attached hydrogens (primary N) is 1. The van der Waals surface area contributed by atoms with E-state index in [-0.39, 0.29) is 22.3 Å². The van der Waals surface area contributed by atoms with Gasteiger partial charge in [-0.1, -0.05) is 45.4 Å². The lowest BCUT2D eigenvalue weighted by Crippen LogP contribution is -2.39. The zero-order valence-electron chi connectivity index (χ0n) is 12.1. The molecule has 19 heavy (non-hydrogen) atoms. The Balaban J connectivity index is 2.69. The first-order valence-corrected chi connectivity index (χ1v) is 7.02. The Kier molecular flexibility index (Phi) is 5.78. The van der Waals surface area contributed by atoms with Gasteiger partial charge in [-0.2, -0.15) is 0 Å². The van der Waals surface area contributed by atoms with Crippen molar-refractivity contribution in [2.24, 2.45) is 17.2 Å². The van der Waals surface area contributed by atoms with Crippen molar-refractivity contribution < 1.29 is 4.39 Å². The van der Waals surface area contributed by atoms with Crippen molar-refractivity contribution in [3.05, 3.63) is 34.6 Å². The molecule has 2 nitrogen and oxygen atoms in total. The van der Waals surface area contributed by atoms with Crippen molar-refractivity contribution in [2.75, 3.05) is 0 Å². The van der Waals surface area contributed by atoms with E-state index < -0.39 is 0 Å². The molecule has 0 aliphatic carbocycles. The lowest BCUT2D eigenvalue weighted by Gasteiger charge is -2.30. The maximum atomic E-state index is 13.1. The molecule has 3 N–H and O–H groups in total. The monoisotopic (exact) mass is 286 g/mol. The van der Waals surface area contributed by atoms with Crippen molar-refractivity contribution in [1.29, 1.82) is 0 Å². The number of nitrogens with one attached hydrogen (secondary N) is 1. The topological polar surface area (TPSA) is 38.0 Å². The van der Waals surface area contributed by atoms with E-state index >= 15 is 0 Å². The molecule has 1 rings (SSSR count). The normalized spacial score (nSPS) is 15.3. The molecule has 0 aliphatic heterocycles. The van der Waals surface area contributed by atoms with E-state index in [0.29, 0.717) is 5.92 Å². The first kappa shape index (κ1) is 16.4. The number of hydrazine groups is 1. The first-order chi connectivity index (χ1) is 8.74. The van der Waals surface area contributed by atoms with Gasteiger partial charge in [0.05, 0.1) is 5.02 Å². The number of halogens is 2. The molecule has 0 saturated heterocycles. The van der Waals surface area contributed by atoms with E-state index in [9.17, 15) is 4.39 Å². The number of benzene rings is 1. The van der Waals surface area contributed by atoms with Gasteiger partial charge in [0.25, 0.3) is 0 Å². The van der Waals surface area contributed by atoms with Gasteiger partial charge >= 0.3 is 0 Å². The van der Waals surface area contributed by atoms with Gasteiger partial charge in [0.1, 0.15) is 5.82 Å². The van der Waals surface area contributed by atoms with Gasteiger partial charge in [-0.25, -0.2) is 4.39 Å². The highest BCUT2D eigenvalue weighted by Crippen LogP contribution is 2.29. The molecular formula is C15H24ClFN2. The molecule has 1 aromatic rings. The standard InChI is InChI=1S/C15H24ClFN2/c1-10(15(2,3)4)7-12(19-18)8-11-5-6-14(17)13(16)9-11/h5-6,9-10,12,19H,7-8,18H2,1-4H3. The van der Waals surface area contributed by atoms with E-state index in [0.717, 1.165) is 18.4 Å². The maximum Gasteiger partial charge on any atom is 0.141 e. The Bertz CT molecular complexity index is 415. The lowest BCUT2D eigenvalue weighted by molar-refractivity contribution is 0.222. The van der Waals surface area contributed by atoms with E-state index in [4.69, 9.17) is 17.4 Å². The van der Waals surface area contributed by atoms with Crippen LogP contribution in [0.1, 0.15) is 39.7 Å². The van der Waals surface area contributed by atoms with Gasteiger partial charge in [-0.3, -0.25) is 11.3 Å². The molecule has 0 bridgehead atoms. The van der Waals surface area contributed by atoms with Gasteiger partial charge < -0.3 is 0 Å². The number of rotatable bonds is 5. The summed E-state index contributed by atoms with van der Waals surface area (Å²) in [6, 6.07) is 4.99. The largest absolute Gasteiger partial charge is 0.271 e. The smallest absolute Gasteiger partial charge is 0.141 e. The van der Waals surface area contributed by atoms with E-state index in [1.54, 1.807) is 12.1 Å². The highest BCUT2D eigenvalue weighted by atomic mass is 35.5. The van der Waals surface area contributed by atoms with Crippen LogP contribution in [0.4, 0.5) is 4.39 Å². The SMILES string of the molecule is CC(CC(Cc1ccc(F)c(Cl)c1)NN)C(C)(C)C. The average Bonchev–Trinajstić information content (AvgIpc) is 2.31. The molecule has 0 aromatic heterocycles. The van der Waals surface area contributed by atoms with Crippen LogP contribution in [0.3, 0.4) is 0 Å². The second-order valence-corrected chi connectivity index (χ2v) is 6.73. The summed E-state index contributed by atoms with van der Waals surface area (Å²) < 4.78 is 13.1. The fourth-order valence-electron chi connectivity index (χ4n) is 1.94. The van der Waals surface area contributed by atoms with Crippen LogP contribution in [-0.2, 0) is 6.42 Å². The minimum atomic E-state index is -0.384. The van der Waals surface area contributed by atoms with Crippen LogP contribution in [-0.4, -0.2) is 6.04 Å². The van der Waals surface area contributed by atoms with Crippen molar-refractivity contribution in [1.82, 2.24) is 5.43 Å². The van der Waals surface area contributed by atoms with Crippen LogP contribution >= 0.6 is 11.6 Å². The minimum Gasteiger partial charge on any atom is -0.271 e. The molecule has 1 aromatic carbocycles. The predicted octanol–water partition coefficient (Wildman–Crippen LogP) is 3.93. The lowest BCUT2D eigenvalue weighted by atomic mass is 9.78. The first-order valence-electron chi connectivity index (χ1n) is 6.64. The molecule has 108 valence electrons. The van der Waals surface area contributed by atoms with Crippen LogP contribution < -0.4 is 11.3 Å². The molecule has 0 spiro atoms. The fraction of sp³-hybridized carbons (Fsp3) is 0.600. The third kappa shape index (κ3) is 5.09. The third-order valence-electron chi connectivity index (χ3n) is 3.82. The summed E-state index contributed by atoms with van der Waals surface area (Å²) in [5.74, 6) is 5.77. The fourth-order valence-corrected chi connectivity index (χ4v) is 2.14. The van der Waals surface area contributed by atoms with Crippen LogP contribution in [0.15, 0.2) is 18.2 Å². The summed E-state index contributed by atoms with van der Waals surface area (Å²) in [6.45, 7) is 8.89. The van der Waals surface area contributed by atoms with Gasteiger partial charge in [0, 0.05) is 6.04 Å². The van der Waals surface area contributed by atoms with Gasteiger partial charge in [0.15, 0.2) is 0 Å². The van der Waals surface area contributed by atoms with Crippen LogP contribution in [0, 0.1) is 17.2 Å². The van der Waals surface area contributed by atoms with Crippen molar-refractivity contribution in [3.63, 3.8) is 0 Å². The maximum absolute atomic E-state index is 13.1. The highest BCUT2D eigenvalue weighted by molar-refractivity contribution is 6.30. The van der Waals surface area contributed by atoms with Crippen molar-refractivity contribution in [3.8, 4) is 0 Å². The second-order valence-electron chi connectivity index (χ2n) is 6.32. The summed E-state index contributed by atoms with van der Waals surface area (Å²) in [6.07, 6.45) is 1.71. The van der Waals surface area contributed by atoms with E-state index in [1.165, 1.54) is 6.07 Å². The molecule has 2 atom stereocenters. The molecule has 2 unspecified atom stereocenters. The van der Waals surface area contributed by atoms with Crippen molar-refractivity contribution in [2.45, 2.75) is 46.6 Å². The van der Waals surface area contributed by atoms with Crippen LogP contribution in [0.2, 0.25) is 5.02 Å². The molecule has 4 heteroatoms. The highest BCUT2D eigenvalue weighted by Gasteiger charge is 2.23. The van der Waals surface area contributed by atoms with Gasteiger partial charge in [-0.15, -0.1) is 0 Å². The Morgan fingerprint density at radius 3 is 2.47 bits per heavy atom. The van der Waals surface area contributed by atoms with Crippen LogP contribution in [0.25, 0.3) is 0 Å². The third-order valence-corrected chi connectivity index (χ3v) is 4.11. The van der Waals surface area contributed by atoms with Crippen molar-refractivity contribution >= 4 is 11.6 Å². The van der Waals surface area contributed by atoms with Crippen LogP contribution in [0.5, 0.6) is 0 Å². The Morgan fingerprint density at radius 2 is 2.00 bits per heavy atom. The summed E-state index contributed by atoms with van der Waals surface area (Å²) in [5.41, 5.74) is 4.09. The summed E-state index contributed by atoms with van der Waals surface area (Å²) in [5, 5.41) is 0.164. The summed E-state index contributed by atoms with van der Waals surface area (Å²) in [7, 11) is 0. The molecule has 0 radical (unpaired) electrons. The Hall–Kier alpha value is -0.640. The number of hydrogen-bond donors (Lipinski definition) is 2. The molecule has 0 aliphatic rings. The molecule has 0 fully saturated rings. The average molecular weight is 287 g/mol. The van der Waals surface area contributed by atoms with Gasteiger partial charge in [-0.05, 0) is 41.9 Å². The molecular weight excluding hydrogens is 263 g/mol. The Morgan fingerprint density at radius 1 is 1.37 bits per heavy atom.